The number of amides is 1. The van der Waals surface area contributed by atoms with Crippen molar-refractivity contribution in [2.45, 2.75) is 44.3 Å². The summed E-state index contributed by atoms with van der Waals surface area (Å²) in [6, 6.07) is 10.4. The van der Waals surface area contributed by atoms with Gasteiger partial charge in [0.1, 0.15) is 0 Å². The largest absolute Gasteiger partial charge is 0.483 e. The number of nitrogens with one attached hydrogen (secondary N) is 1. The molecule has 5 rings (SSSR count). The van der Waals surface area contributed by atoms with Crippen LogP contribution < -0.4 is 10.2 Å². The number of nitrogens with zero attached hydrogens (tertiary/aromatic N) is 2. The monoisotopic (exact) mass is 443 g/mol. The van der Waals surface area contributed by atoms with Gasteiger partial charge in [0, 0.05) is 48.8 Å². The maximum atomic E-state index is 11.9. The number of carbonyl (C=O) groups is 2. The molecule has 3 aliphatic heterocycles. The van der Waals surface area contributed by atoms with Crippen LogP contribution in [0.25, 0.3) is 11.3 Å². The number of rotatable bonds is 6. The van der Waals surface area contributed by atoms with Gasteiger partial charge in [-0.2, -0.15) is 0 Å². The molecule has 4 heterocycles. The number of hydrogen-bond donors (Lipinski definition) is 2. The third-order valence-corrected chi connectivity index (χ3v) is 7.53. The molecule has 3 saturated heterocycles. The Kier molecular flexibility index (Phi) is 6.57. The molecule has 166 valence electrons. The van der Waals surface area contributed by atoms with Gasteiger partial charge in [-0.3, -0.25) is 9.59 Å². The van der Waals surface area contributed by atoms with E-state index in [9.17, 15) is 4.79 Å². The predicted octanol–water partition coefficient (Wildman–Crippen LogP) is 3.41. The molecule has 1 aromatic heterocycles. The number of fused-ring (bicyclic) bond motifs is 1. The highest BCUT2D eigenvalue weighted by Crippen LogP contribution is 2.55. The summed E-state index contributed by atoms with van der Waals surface area (Å²) in [6.45, 7) is 4.44. The van der Waals surface area contributed by atoms with E-state index in [2.05, 4.69) is 39.9 Å². The van der Waals surface area contributed by atoms with Crippen molar-refractivity contribution in [3.05, 3.63) is 35.7 Å². The SMILES string of the molecule is CCCC(=O)NC[C@H]1[C@H]2CN(c3nc(-c4ccccc4)cs3)C[C@]23CC[C@H]1O3.O=CO. The summed E-state index contributed by atoms with van der Waals surface area (Å²) in [7, 11) is 0. The Bertz CT molecular complexity index is 905. The van der Waals surface area contributed by atoms with E-state index in [0.717, 1.165) is 55.3 Å². The second kappa shape index (κ2) is 9.36. The summed E-state index contributed by atoms with van der Waals surface area (Å²) in [5, 5.41) is 13.3. The van der Waals surface area contributed by atoms with E-state index >= 15 is 0 Å². The zero-order valence-electron chi connectivity index (χ0n) is 17.7. The van der Waals surface area contributed by atoms with Crippen molar-refractivity contribution in [2.75, 3.05) is 24.5 Å². The molecule has 0 aliphatic carbocycles. The van der Waals surface area contributed by atoms with Gasteiger partial charge in [0.2, 0.25) is 5.91 Å². The minimum atomic E-state index is -0.250. The van der Waals surface area contributed by atoms with E-state index in [4.69, 9.17) is 19.6 Å². The van der Waals surface area contributed by atoms with Crippen LogP contribution in [0.5, 0.6) is 0 Å². The number of aromatic nitrogens is 1. The molecular weight excluding hydrogens is 414 g/mol. The molecule has 0 saturated carbocycles. The Labute approximate surface area is 186 Å². The summed E-state index contributed by atoms with van der Waals surface area (Å²) in [4.78, 5) is 27.6. The van der Waals surface area contributed by atoms with Crippen molar-refractivity contribution in [3.63, 3.8) is 0 Å². The van der Waals surface area contributed by atoms with Gasteiger partial charge in [0.15, 0.2) is 5.13 Å². The number of carboxylic acid groups (broad SMARTS) is 1. The van der Waals surface area contributed by atoms with E-state index < -0.39 is 0 Å². The minimum absolute atomic E-state index is 0.0383. The fourth-order valence-electron chi connectivity index (χ4n) is 5.31. The highest BCUT2D eigenvalue weighted by Gasteiger charge is 2.63. The maximum absolute atomic E-state index is 11.9. The molecule has 2 N–H and O–H groups in total. The number of hydrogen-bond acceptors (Lipinski definition) is 6. The molecule has 8 heteroatoms. The lowest BCUT2D eigenvalue weighted by atomic mass is 9.73. The summed E-state index contributed by atoms with van der Waals surface area (Å²) >= 11 is 1.72. The highest BCUT2D eigenvalue weighted by molar-refractivity contribution is 7.14. The zero-order chi connectivity index (χ0) is 21.8. The van der Waals surface area contributed by atoms with Crippen molar-refractivity contribution >= 4 is 28.8 Å². The van der Waals surface area contributed by atoms with Gasteiger partial charge in [-0.05, 0) is 19.3 Å². The van der Waals surface area contributed by atoms with Crippen LogP contribution in [0, 0.1) is 11.8 Å². The van der Waals surface area contributed by atoms with Crippen LogP contribution >= 0.6 is 11.3 Å². The number of anilines is 1. The fraction of sp³-hybridized carbons (Fsp3) is 0.522. The van der Waals surface area contributed by atoms with Crippen molar-refractivity contribution in [1.29, 1.82) is 0 Å². The van der Waals surface area contributed by atoms with Gasteiger partial charge in [-0.15, -0.1) is 11.3 Å². The van der Waals surface area contributed by atoms with Crippen LogP contribution in [0.2, 0.25) is 0 Å². The normalized spacial score (nSPS) is 28.0. The van der Waals surface area contributed by atoms with Crippen LogP contribution in [0.1, 0.15) is 32.6 Å². The summed E-state index contributed by atoms with van der Waals surface area (Å²) in [5.74, 6) is 1.08. The molecule has 1 amide bonds. The van der Waals surface area contributed by atoms with Gasteiger partial charge in [0.05, 0.1) is 17.4 Å². The maximum Gasteiger partial charge on any atom is 0.290 e. The highest BCUT2D eigenvalue weighted by atomic mass is 32.1. The van der Waals surface area contributed by atoms with Crippen LogP contribution in [0.15, 0.2) is 35.7 Å². The molecule has 1 aromatic carbocycles. The molecule has 2 aromatic rings. The lowest BCUT2D eigenvalue weighted by molar-refractivity contribution is -0.123. The van der Waals surface area contributed by atoms with Gasteiger partial charge < -0.3 is 20.1 Å². The molecule has 7 nitrogen and oxygen atoms in total. The quantitative estimate of drug-likeness (QED) is 0.665. The van der Waals surface area contributed by atoms with Crippen molar-refractivity contribution < 1.29 is 19.4 Å². The Morgan fingerprint density at radius 2 is 2.19 bits per heavy atom. The molecule has 3 aliphatic rings. The first-order chi connectivity index (χ1) is 15.1. The molecule has 3 fully saturated rings. The van der Waals surface area contributed by atoms with E-state index in [0.29, 0.717) is 24.4 Å². The van der Waals surface area contributed by atoms with E-state index in [1.165, 1.54) is 0 Å². The Balaban J connectivity index is 0.000000730. The number of thiazole rings is 1. The number of benzene rings is 1. The van der Waals surface area contributed by atoms with Crippen LogP contribution in [-0.4, -0.2) is 53.8 Å². The van der Waals surface area contributed by atoms with Gasteiger partial charge in [-0.25, -0.2) is 4.98 Å². The molecule has 0 unspecified atom stereocenters. The lowest BCUT2D eigenvalue weighted by Gasteiger charge is -2.29. The third kappa shape index (κ3) is 4.32. The van der Waals surface area contributed by atoms with Gasteiger partial charge in [-0.1, -0.05) is 37.3 Å². The minimum Gasteiger partial charge on any atom is -0.483 e. The molecular formula is C23H29N3O4S. The third-order valence-electron chi connectivity index (χ3n) is 6.63. The standard InChI is InChI=1S/C22H27N3O2S.CH2O2/c1-2-6-20(26)23-11-16-17-12-25(14-22(17)10-9-19(16)27-22)21-24-18(13-28-21)15-7-4-3-5-8-15;2-1-3/h3-5,7-8,13,16-17,19H,2,6,9-12,14H2,1H3,(H,23,26);1H,(H,2,3)/t16-,17+,19+,22+;/m0./s1. The van der Waals surface area contributed by atoms with Crippen molar-refractivity contribution in [1.82, 2.24) is 10.3 Å². The lowest BCUT2D eigenvalue weighted by Crippen LogP contribution is -2.41. The van der Waals surface area contributed by atoms with Gasteiger partial charge >= 0.3 is 0 Å². The molecule has 0 radical (unpaired) electrons. The molecule has 2 bridgehead atoms. The van der Waals surface area contributed by atoms with Crippen LogP contribution in [0.4, 0.5) is 5.13 Å². The number of ether oxygens (including phenoxy) is 1. The second-order valence-corrected chi connectivity index (χ2v) is 9.29. The Hall–Kier alpha value is -2.45. The average Bonchev–Trinajstić information content (AvgIpc) is 3.53. The predicted molar refractivity (Wildman–Crippen MR) is 120 cm³/mol. The second-order valence-electron chi connectivity index (χ2n) is 8.45. The zero-order valence-corrected chi connectivity index (χ0v) is 18.5. The first-order valence-electron chi connectivity index (χ1n) is 10.9. The van der Waals surface area contributed by atoms with Crippen molar-refractivity contribution in [3.8, 4) is 11.3 Å². The average molecular weight is 444 g/mol. The van der Waals surface area contributed by atoms with Crippen molar-refractivity contribution in [2.24, 2.45) is 11.8 Å². The van der Waals surface area contributed by atoms with E-state index in [1.54, 1.807) is 11.3 Å². The fourth-order valence-corrected chi connectivity index (χ4v) is 6.15. The summed E-state index contributed by atoms with van der Waals surface area (Å²) < 4.78 is 6.52. The first-order valence-corrected chi connectivity index (χ1v) is 11.8. The Morgan fingerprint density at radius 1 is 1.42 bits per heavy atom. The van der Waals surface area contributed by atoms with E-state index in [1.807, 2.05) is 13.0 Å². The van der Waals surface area contributed by atoms with Crippen LogP contribution in [-0.2, 0) is 14.3 Å². The van der Waals surface area contributed by atoms with Crippen LogP contribution in [0.3, 0.4) is 0 Å². The topological polar surface area (TPSA) is 91.8 Å². The summed E-state index contributed by atoms with van der Waals surface area (Å²) in [5.41, 5.74) is 2.17. The Morgan fingerprint density at radius 3 is 2.94 bits per heavy atom. The van der Waals surface area contributed by atoms with E-state index in [-0.39, 0.29) is 18.0 Å². The summed E-state index contributed by atoms with van der Waals surface area (Å²) in [6.07, 6.45) is 4.07. The first kappa shape index (κ1) is 21.8. The molecule has 31 heavy (non-hydrogen) atoms. The van der Waals surface area contributed by atoms with Gasteiger partial charge in [0.25, 0.3) is 6.47 Å². The number of carbonyl (C=O) groups excluding carboxylic acids is 1. The smallest absolute Gasteiger partial charge is 0.290 e. The molecule has 1 spiro atoms. The molecule has 4 atom stereocenters.